The molecule has 0 spiro atoms. The smallest absolute Gasteiger partial charge is 0.228 e. The van der Waals surface area contributed by atoms with E-state index in [0.717, 1.165) is 12.8 Å². The molecule has 2 heteroatoms. The van der Waals surface area contributed by atoms with Gasteiger partial charge in [0, 0.05) is 17.5 Å². The van der Waals surface area contributed by atoms with E-state index in [0.29, 0.717) is 0 Å². The molecule has 0 saturated carbocycles. The normalized spacial score (nSPS) is 9.70. The van der Waals surface area contributed by atoms with Gasteiger partial charge in [0.2, 0.25) is 6.04 Å². The van der Waals surface area contributed by atoms with Gasteiger partial charge < -0.3 is 17.0 Å². The minimum Gasteiger partial charge on any atom is -1.00 e. The lowest BCUT2D eigenvalue weighted by molar-refractivity contribution is -0.584. The Hall–Kier alpha value is -1.59. The molecule has 0 radical (unpaired) electrons. The highest BCUT2D eigenvalue weighted by atomic mass is 79.9. The molecule has 122 valence electrons. The first-order valence-corrected chi connectivity index (χ1v) is 8.23. The lowest BCUT2D eigenvalue weighted by atomic mass is 10.0. The summed E-state index contributed by atoms with van der Waals surface area (Å²) >= 11 is 0. The summed E-state index contributed by atoms with van der Waals surface area (Å²) in [6.07, 6.45) is 9.79. The lowest BCUT2D eigenvalue weighted by Crippen LogP contribution is -3.00. The average Bonchev–Trinajstić information content (AvgIpc) is 2.50. The predicted octanol–water partition coefficient (Wildman–Crippen LogP) is 1.38. The van der Waals surface area contributed by atoms with Crippen molar-refractivity contribution in [2.75, 3.05) is 0 Å². The summed E-state index contributed by atoms with van der Waals surface area (Å²) in [6.45, 7) is 6.44. The summed E-state index contributed by atoms with van der Waals surface area (Å²) in [5, 5.41) is 0. The van der Waals surface area contributed by atoms with Gasteiger partial charge in [0.15, 0.2) is 12.4 Å². The molecule has 1 heterocycles. The van der Waals surface area contributed by atoms with Crippen molar-refractivity contribution in [3.8, 4) is 12.0 Å². The standard InChI is InChI=1S/C21H26N.BrH/c1-4-5-8-20-10-12-21(13-11-20)9-6-7-14-22-16-18(2)15-19(3)17-22;/h10-13,15-17H,4-6,8-9H2,1-3H3;1H/q+1;/p-1. The SMILES string of the molecule is CCCCc1ccc(CCC#C[n+]2cc(C)cc(C)c2)cc1.[Br-]. The molecule has 1 nitrogen and oxygen atoms in total. The first-order chi connectivity index (χ1) is 10.7. The van der Waals surface area contributed by atoms with Crippen molar-refractivity contribution >= 4 is 0 Å². The minimum absolute atomic E-state index is 0. The van der Waals surface area contributed by atoms with Crippen molar-refractivity contribution in [2.24, 2.45) is 0 Å². The van der Waals surface area contributed by atoms with E-state index in [-0.39, 0.29) is 17.0 Å². The van der Waals surface area contributed by atoms with Crippen LogP contribution in [0, 0.1) is 25.8 Å². The summed E-state index contributed by atoms with van der Waals surface area (Å²) in [5.41, 5.74) is 5.32. The molecule has 0 aliphatic rings. The lowest BCUT2D eigenvalue weighted by Gasteiger charge is -2.01. The second kappa shape index (κ2) is 10.2. The molecule has 23 heavy (non-hydrogen) atoms. The van der Waals surface area contributed by atoms with E-state index in [1.165, 1.54) is 41.5 Å². The molecule has 0 aliphatic carbocycles. The van der Waals surface area contributed by atoms with E-state index >= 15 is 0 Å². The second-order valence-electron chi connectivity index (χ2n) is 6.01. The van der Waals surface area contributed by atoms with Crippen molar-refractivity contribution in [1.29, 1.82) is 0 Å². The van der Waals surface area contributed by atoms with Crippen LogP contribution in [0.4, 0.5) is 0 Å². The van der Waals surface area contributed by atoms with Crippen LogP contribution in [0.2, 0.25) is 0 Å². The van der Waals surface area contributed by atoms with Gasteiger partial charge >= 0.3 is 0 Å². The van der Waals surface area contributed by atoms with Crippen molar-refractivity contribution in [2.45, 2.75) is 52.9 Å². The van der Waals surface area contributed by atoms with Gasteiger partial charge in [-0.05, 0) is 56.2 Å². The van der Waals surface area contributed by atoms with E-state index in [9.17, 15) is 0 Å². The Morgan fingerprint density at radius 2 is 1.48 bits per heavy atom. The zero-order valence-corrected chi connectivity index (χ0v) is 16.0. The fourth-order valence-corrected chi connectivity index (χ4v) is 2.58. The second-order valence-corrected chi connectivity index (χ2v) is 6.01. The van der Waals surface area contributed by atoms with Gasteiger partial charge in [0.25, 0.3) is 0 Å². The number of hydrogen-bond donors (Lipinski definition) is 0. The zero-order valence-electron chi connectivity index (χ0n) is 14.4. The Balaban J connectivity index is 0.00000264. The Kier molecular flexibility index (Phi) is 8.66. The van der Waals surface area contributed by atoms with Gasteiger partial charge in [-0.2, -0.15) is 0 Å². The van der Waals surface area contributed by atoms with Crippen LogP contribution in [0.5, 0.6) is 0 Å². The summed E-state index contributed by atoms with van der Waals surface area (Å²) in [6, 6.07) is 14.4. The molecule has 0 atom stereocenters. The average molecular weight is 372 g/mol. The highest BCUT2D eigenvalue weighted by molar-refractivity contribution is 5.23. The number of pyridine rings is 1. The molecule has 0 bridgehead atoms. The van der Waals surface area contributed by atoms with Gasteiger partial charge in [0.1, 0.15) is 0 Å². The number of aryl methyl sites for hydroxylation is 4. The Bertz CT molecular complexity index is 642. The van der Waals surface area contributed by atoms with Gasteiger partial charge in [-0.1, -0.05) is 37.6 Å². The van der Waals surface area contributed by atoms with Crippen LogP contribution in [0.25, 0.3) is 0 Å². The summed E-state index contributed by atoms with van der Waals surface area (Å²) in [7, 11) is 0. The number of hydrogen-bond acceptors (Lipinski definition) is 0. The molecule has 1 aromatic heterocycles. The maximum absolute atomic E-state index is 3.27. The topological polar surface area (TPSA) is 3.88 Å². The maximum Gasteiger partial charge on any atom is 0.228 e. The molecule has 0 amide bonds. The van der Waals surface area contributed by atoms with Crippen LogP contribution in [0.3, 0.4) is 0 Å². The Morgan fingerprint density at radius 1 is 0.913 bits per heavy atom. The van der Waals surface area contributed by atoms with Crippen molar-refractivity contribution in [3.63, 3.8) is 0 Å². The van der Waals surface area contributed by atoms with Gasteiger partial charge in [-0.3, -0.25) is 0 Å². The highest BCUT2D eigenvalue weighted by Crippen LogP contribution is 2.09. The summed E-state index contributed by atoms with van der Waals surface area (Å²) in [5.74, 6) is 3.27. The third kappa shape index (κ3) is 7.01. The number of rotatable bonds is 5. The number of halogens is 1. The van der Waals surface area contributed by atoms with Gasteiger partial charge in [-0.15, -0.1) is 4.57 Å². The molecule has 1 aromatic carbocycles. The zero-order chi connectivity index (χ0) is 15.8. The molecule has 0 unspecified atom stereocenters. The number of aromatic nitrogens is 1. The van der Waals surface area contributed by atoms with Gasteiger partial charge in [-0.25, -0.2) is 0 Å². The van der Waals surface area contributed by atoms with Crippen LogP contribution in [-0.2, 0) is 12.8 Å². The molecule has 2 aromatic rings. The van der Waals surface area contributed by atoms with Crippen LogP contribution in [-0.4, -0.2) is 0 Å². The van der Waals surface area contributed by atoms with Crippen LogP contribution in [0.15, 0.2) is 42.7 Å². The molecular weight excluding hydrogens is 346 g/mol. The first kappa shape index (κ1) is 19.5. The van der Waals surface area contributed by atoms with E-state index in [1.54, 1.807) is 0 Å². The molecule has 0 N–H and O–H groups in total. The van der Waals surface area contributed by atoms with Crippen molar-refractivity contribution in [3.05, 3.63) is 65.0 Å². The Labute approximate surface area is 151 Å². The van der Waals surface area contributed by atoms with E-state index in [4.69, 9.17) is 0 Å². The van der Waals surface area contributed by atoms with Gasteiger partial charge in [0.05, 0.1) is 0 Å². The quantitative estimate of drug-likeness (QED) is 0.552. The van der Waals surface area contributed by atoms with Crippen molar-refractivity contribution < 1.29 is 21.5 Å². The fraction of sp³-hybridized carbons (Fsp3) is 0.381. The number of nitrogens with zero attached hydrogens (tertiary/aromatic N) is 1. The first-order valence-electron chi connectivity index (χ1n) is 8.23. The summed E-state index contributed by atoms with van der Waals surface area (Å²) < 4.78 is 1.97. The Morgan fingerprint density at radius 3 is 2.04 bits per heavy atom. The number of unbranched alkanes of at least 4 members (excludes halogenated alkanes) is 1. The molecule has 0 aliphatic heterocycles. The van der Waals surface area contributed by atoms with Crippen LogP contribution < -0.4 is 21.5 Å². The third-order valence-electron chi connectivity index (χ3n) is 3.73. The monoisotopic (exact) mass is 371 g/mol. The molecular formula is C21H26BrN. The minimum atomic E-state index is 0. The maximum atomic E-state index is 3.27. The van der Waals surface area contributed by atoms with Crippen LogP contribution >= 0.6 is 0 Å². The van der Waals surface area contributed by atoms with E-state index in [1.807, 2.05) is 4.57 Å². The third-order valence-corrected chi connectivity index (χ3v) is 3.73. The molecule has 2 rings (SSSR count). The highest BCUT2D eigenvalue weighted by Gasteiger charge is 1.99. The predicted molar refractivity (Wildman–Crippen MR) is 92.7 cm³/mol. The van der Waals surface area contributed by atoms with E-state index < -0.39 is 0 Å². The van der Waals surface area contributed by atoms with Crippen LogP contribution in [0.1, 0.15) is 48.4 Å². The molecule has 0 fully saturated rings. The summed E-state index contributed by atoms with van der Waals surface area (Å²) in [4.78, 5) is 0. The van der Waals surface area contributed by atoms with Crippen molar-refractivity contribution in [1.82, 2.24) is 0 Å². The largest absolute Gasteiger partial charge is 1.00 e. The molecule has 0 saturated heterocycles. The number of benzene rings is 1. The van der Waals surface area contributed by atoms with E-state index in [2.05, 4.69) is 75.5 Å². The fourth-order valence-electron chi connectivity index (χ4n) is 2.58.